The van der Waals surface area contributed by atoms with Gasteiger partial charge in [0.15, 0.2) is 0 Å². The van der Waals surface area contributed by atoms with Crippen molar-refractivity contribution in [3.63, 3.8) is 0 Å². The quantitative estimate of drug-likeness (QED) is 0.448. The topological polar surface area (TPSA) is 131 Å². The van der Waals surface area contributed by atoms with E-state index in [0.29, 0.717) is 15.6 Å². The van der Waals surface area contributed by atoms with Gasteiger partial charge in [0.2, 0.25) is 11.8 Å². The summed E-state index contributed by atoms with van der Waals surface area (Å²) in [6.45, 7) is 1.29. The zero-order valence-corrected chi connectivity index (χ0v) is 18.2. The van der Waals surface area contributed by atoms with Gasteiger partial charge in [0.1, 0.15) is 18.7 Å². The maximum atomic E-state index is 12.7. The Morgan fingerprint density at radius 3 is 2.19 bits per heavy atom. The van der Waals surface area contributed by atoms with Crippen molar-refractivity contribution in [3.05, 3.63) is 69.7 Å². The number of alkyl carbamates (subject to hydrolysis) is 1. The first kappa shape index (κ1) is 24.5. The van der Waals surface area contributed by atoms with Crippen LogP contribution >= 0.6 is 23.2 Å². The number of carbonyl (C=O) groups excluding carboxylic acids is 3. The highest BCUT2D eigenvalue weighted by atomic mass is 35.5. The normalized spacial score (nSPS) is 13.5. The molecular formula is C21H23Cl2N3O5. The van der Waals surface area contributed by atoms with E-state index in [-0.39, 0.29) is 13.0 Å². The van der Waals surface area contributed by atoms with Crippen LogP contribution in [0.5, 0.6) is 0 Å². The summed E-state index contributed by atoms with van der Waals surface area (Å²) in [5.41, 5.74) is 6.59. The largest absolute Gasteiger partial charge is 0.445 e. The molecule has 2 aromatic carbocycles. The number of hydrogen-bond acceptors (Lipinski definition) is 5. The molecule has 2 aromatic rings. The molecule has 10 heteroatoms. The molecular weight excluding hydrogens is 445 g/mol. The predicted molar refractivity (Wildman–Crippen MR) is 117 cm³/mol. The fraction of sp³-hybridized carbons (Fsp3) is 0.286. The lowest BCUT2D eigenvalue weighted by molar-refractivity contribution is -0.130. The number of nitrogens with one attached hydrogen (secondary N) is 2. The summed E-state index contributed by atoms with van der Waals surface area (Å²) >= 11 is 12.2. The van der Waals surface area contributed by atoms with Gasteiger partial charge in [-0.1, -0.05) is 59.6 Å². The number of amides is 3. The van der Waals surface area contributed by atoms with E-state index in [2.05, 4.69) is 10.6 Å². The second kappa shape index (κ2) is 11.5. The Morgan fingerprint density at radius 2 is 1.65 bits per heavy atom. The molecule has 0 aromatic heterocycles. The second-order valence-electron chi connectivity index (χ2n) is 6.79. The van der Waals surface area contributed by atoms with Gasteiger partial charge in [0.25, 0.3) is 0 Å². The van der Waals surface area contributed by atoms with Crippen LogP contribution in [0.1, 0.15) is 18.1 Å². The Labute approximate surface area is 189 Å². The third-order valence-electron chi connectivity index (χ3n) is 4.38. The number of ether oxygens (including phenoxy) is 1. The number of aliphatic hydroxyl groups is 1. The maximum absolute atomic E-state index is 12.7. The smallest absolute Gasteiger partial charge is 0.408 e. The van der Waals surface area contributed by atoms with Crippen molar-refractivity contribution in [2.45, 2.75) is 38.1 Å². The first-order valence-electron chi connectivity index (χ1n) is 9.37. The standard InChI is InChI=1S/C21H23Cl2N3O5/c1-12(27)18(26-21(30)31-11-13-6-3-2-4-7-13)20(29)25-17(19(24)28)10-14-15(22)8-5-9-16(14)23/h2-9,12,17-18,27H,10-11H2,1H3,(H2,24,28)(H,25,29)(H,26,30)/t12-,17-,18+/m1/s1. The number of nitrogens with two attached hydrogens (primary N) is 1. The van der Waals surface area contributed by atoms with Gasteiger partial charge < -0.3 is 26.2 Å². The molecule has 2 rings (SSSR count). The molecule has 0 aliphatic heterocycles. The molecule has 166 valence electrons. The van der Waals surface area contributed by atoms with Crippen LogP contribution < -0.4 is 16.4 Å². The monoisotopic (exact) mass is 467 g/mol. The van der Waals surface area contributed by atoms with Gasteiger partial charge in [0, 0.05) is 16.5 Å². The molecule has 0 unspecified atom stereocenters. The second-order valence-corrected chi connectivity index (χ2v) is 7.61. The van der Waals surface area contributed by atoms with Crippen molar-refractivity contribution in [2.75, 3.05) is 0 Å². The number of aliphatic hydroxyl groups excluding tert-OH is 1. The molecule has 0 saturated carbocycles. The molecule has 8 nitrogen and oxygen atoms in total. The van der Waals surface area contributed by atoms with Gasteiger partial charge in [-0.15, -0.1) is 0 Å². The minimum absolute atomic E-state index is 0.0181. The third-order valence-corrected chi connectivity index (χ3v) is 5.09. The number of primary amides is 1. The van der Waals surface area contributed by atoms with Crippen LogP contribution in [0.3, 0.4) is 0 Å². The summed E-state index contributed by atoms with van der Waals surface area (Å²) in [4.78, 5) is 36.6. The van der Waals surface area contributed by atoms with Gasteiger partial charge >= 0.3 is 6.09 Å². The van der Waals surface area contributed by atoms with Crippen LogP contribution in [0, 0.1) is 0 Å². The van der Waals surface area contributed by atoms with E-state index in [0.717, 1.165) is 5.56 Å². The molecule has 5 N–H and O–H groups in total. The summed E-state index contributed by atoms with van der Waals surface area (Å²) in [6.07, 6.45) is -2.25. The number of hydrogen-bond donors (Lipinski definition) is 4. The molecule has 0 fully saturated rings. The lowest BCUT2D eigenvalue weighted by Gasteiger charge is -2.24. The zero-order valence-electron chi connectivity index (χ0n) is 16.7. The Morgan fingerprint density at radius 1 is 1.03 bits per heavy atom. The van der Waals surface area contributed by atoms with E-state index in [9.17, 15) is 19.5 Å². The van der Waals surface area contributed by atoms with E-state index in [4.69, 9.17) is 33.7 Å². The molecule has 3 amide bonds. The summed E-state index contributed by atoms with van der Waals surface area (Å²) in [6, 6.07) is 11.2. The molecule has 0 aliphatic carbocycles. The molecule has 0 aliphatic rings. The average Bonchev–Trinajstić information content (AvgIpc) is 2.72. The van der Waals surface area contributed by atoms with Crippen molar-refractivity contribution >= 4 is 41.1 Å². The number of halogens is 2. The molecule has 0 bridgehead atoms. The Kier molecular flexibility index (Phi) is 9.11. The maximum Gasteiger partial charge on any atom is 0.408 e. The van der Waals surface area contributed by atoms with E-state index in [1.165, 1.54) is 6.92 Å². The first-order chi connectivity index (χ1) is 14.7. The van der Waals surface area contributed by atoms with E-state index in [1.54, 1.807) is 42.5 Å². The van der Waals surface area contributed by atoms with Gasteiger partial charge in [-0.3, -0.25) is 9.59 Å². The highest BCUT2D eigenvalue weighted by Crippen LogP contribution is 2.25. The number of rotatable bonds is 9. The summed E-state index contributed by atoms with van der Waals surface area (Å²) in [5.74, 6) is -1.65. The van der Waals surface area contributed by atoms with Crippen LogP contribution in [0.25, 0.3) is 0 Å². The van der Waals surface area contributed by atoms with Crippen LogP contribution in [0.4, 0.5) is 4.79 Å². The van der Waals surface area contributed by atoms with Crippen molar-refractivity contribution in [2.24, 2.45) is 5.73 Å². The molecule has 0 heterocycles. The predicted octanol–water partition coefficient (Wildman–Crippen LogP) is 2.18. The molecule has 0 radical (unpaired) electrons. The van der Waals surface area contributed by atoms with Gasteiger partial charge in [0.05, 0.1) is 6.10 Å². The summed E-state index contributed by atoms with van der Waals surface area (Å²) in [5, 5.41) is 15.3. The molecule has 3 atom stereocenters. The Balaban J connectivity index is 2.03. The van der Waals surface area contributed by atoms with Crippen molar-refractivity contribution in [1.29, 1.82) is 0 Å². The number of carbonyl (C=O) groups is 3. The SMILES string of the molecule is C[C@@H](O)[C@H](NC(=O)OCc1ccccc1)C(=O)N[C@H](Cc1c(Cl)cccc1Cl)C(N)=O. The summed E-state index contributed by atoms with van der Waals surface area (Å²) in [7, 11) is 0. The third kappa shape index (κ3) is 7.43. The van der Waals surface area contributed by atoms with Gasteiger partial charge in [-0.25, -0.2) is 4.79 Å². The lowest BCUT2D eigenvalue weighted by Crippen LogP contribution is -2.57. The minimum atomic E-state index is -1.38. The van der Waals surface area contributed by atoms with E-state index >= 15 is 0 Å². The Hall–Kier alpha value is -2.81. The first-order valence-corrected chi connectivity index (χ1v) is 10.1. The fourth-order valence-corrected chi connectivity index (χ4v) is 3.26. The average molecular weight is 468 g/mol. The van der Waals surface area contributed by atoms with Crippen molar-refractivity contribution < 1.29 is 24.2 Å². The highest BCUT2D eigenvalue weighted by molar-refractivity contribution is 6.36. The fourth-order valence-electron chi connectivity index (χ4n) is 2.71. The van der Waals surface area contributed by atoms with Crippen molar-refractivity contribution in [3.8, 4) is 0 Å². The van der Waals surface area contributed by atoms with Gasteiger partial charge in [-0.2, -0.15) is 0 Å². The van der Waals surface area contributed by atoms with Crippen molar-refractivity contribution in [1.82, 2.24) is 10.6 Å². The van der Waals surface area contributed by atoms with Gasteiger partial charge in [-0.05, 0) is 30.2 Å². The van der Waals surface area contributed by atoms with E-state index < -0.39 is 36.1 Å². The number of benzene rings is 2. The van der Waals surface area contributed by atoms with Crippen LogP contribution in [0.2, 0.25) is 10.0 Å². The van der Waals surface area contributed by atoms with E-state index in [1.807, 2.05) is 6.07 Å². The van der Waals surface area contributed by atoms with Crippen LogP contribution in [-0.2, 0) is 27.4 Å². The minimum Gasteiger partial charge on any atom is -0.445 e. The molecule has 0 saturated heterocycles. The molecule has 31 heavy (non-hydrogen) atoms. The van der Waals surface area contributed by atoms with Crippen LogP contribution in [0.15, 0.2) is 48.5 Å². The highest BCUT2D eigenvalue weighted by Gasteiger charge is 2.30. The van der Waals surface area contributed by atoms with Crippen LogP contribution in [-0.4, -0.2) is 41.2 Å². The lowest BCUT2D eigenvalue weighted by atomic mass is 10.0. The summed E-state index contributed by atoms with van der Waals surface area (Å²) < 4.78 is 5.07. The Bertz CT molecular complexity index is 904. The molecule has 0 spiro atoms. The zero-order chi connectivity index (χ0) is 23.0.